The lowest BCUT2D eigenvalue weighted by atomic mass is 9.65. The molecule has 3 rings (SSSR count). The van der Waals surface area contributed by atoms with Gasteiger partial charge in [0.25, 0.3) is 0 Å². The highest BCUT2D eigenvalue weighted by molar-refractivity contribution is 5.85. The van der Waals surface area contributed by atoms with E-state index in [1.807, 2.05) is 0 Å². The van der Waals surface area contributed by atoms with Gasteiger partial charge in [0, 0.05) is 25.0 Å². The van der Waals surface area contributed by atoms with Gasteiger partial charge in [-0.05, 0) is 68.1 Å². The van der Waals surface area contributed by atoms with Gasteiger partial charge in [-0.15, -0.1) is 12.4 Å². The number of fused-ring (bicyclic) bond motifs is 2. The first-order chi connectivity index (χ1) is 10.9. The number of hydrogen-bond acceptors (Lipinski definition) is 2. The summed E-state index contributed by atoms with van der Waals surface area (Å²) in [5.74, 6) is 2.66. The Hall–Kier alpha value is -0.280. The van der Waals surface area contributed by atoms with Gasteiger partial charge in [0.2, 0.25) is 5.91 Å². The van der Waals surface area contributed by atoms with E-state index in [1.165, 1.54) is 38.5 Å². The molecule has 0 radical (unpaired) electrons. The molecule has 2 N–H and O–H groups in total. The average Bonchev–Trinajstić information content (AvgIpc) is 2.71. The quantitative estimate of drug-likeness (QED) is 0.763. The summed E-state index contributed by atoms with van der Waals surface area (Å²) in [5, 5.41) is 0. The molecule has 0 spiro atoms. The van der Waals surface area contributed by atoms with Crippen molar-refractivity contribution in [2.24, 2.45) is 34.8 Å². The normalized spacial score (nSPS) is 37.3. The Labute approximate surface area is 154 Å². The van der Waals surface area contributed by atoms with Crippen molar-refractivity contribution in [3.05, 3.63) is 0 Å². The molecule has 1 aliphatic heterocycles. The standard InChI is InChI=1S/C20H36N2O.ClH/c1-20(2,3)17-8-5-10-22(11-9-17)19(23)16-12-14-6-4-7-15(13-16)18(14)21;/h14-18H,4-13,21H2,1-3H3;1H. The highest BCUT2D eigenvalue weighted by Gasteiger charge is 2.42. The molecule has 1 saturated heterocycles. The summed E-state index contributed by atoms with van der Waals surface area (Å²) >= 11 is 0. The summed E-state index contributed by atoms with van der Waals surface area (Å²) < 4.78 is 0. The van der Waals surface area contributed by atoms with Crippen LogP contribution in [0.5, 0.6) is 0 Å². The molecule has 3 nitrogen and oxygen atoms in total. The van der Waals surface area contributed by atoms with E-state index in [-0.39, 0.29) is 18.3 Å². The number of likely N-dealkylation sites (tertiary alicyclic amines) is 1. The zero-order valence-electron chi connectivity index (χ0n) is 15.8. The maximum Gasteiger partial charge on any atom is 0.225 e. The van der Waals surface area contributed by atoms with Crippen LogP contribution in [-0.4, -0.2) is 29.9 Å². The zero-order valence-corrected chi connectivity index (χ0v) is 16.6. The first kappa shape index (κ1) is 20.0. The largest absolute Gasteiger partial charge is 0.342 e. The van der Waals surface area contributed by atoms with Crippen LogP contribution in [0.4, 0.5) is 0 Å². The number of halogens is 1. The predicted octanol–water partition coefficient (Wildman–Crippen LogP) is 4.24. The number of nitrogens with two attached hydrogens (primary N) is 1. The van der Waals surface area contributed by atoms with E-state index < -0.39 is 0 Å². The first-order valence-electron chi connectivity index (χ1n) is 9.90. The molecule has 3 aliphatic rings. The molecule has 4 heteroatoms. The second kappa shape index (κ2) is 7.95. The monoisotopic (exact) mass is 356 g/mol. The van der Waals surface area contributed by atoms with Crippen LogP contribution in [-0.2, 0) is 4.79 Å². The van der Waals surface area contributed by atoms with E-state index in [0.29, 0.717) is 29.2 Å². The van der Waals surface area contributed by atoms with Crippen molar-refractivity contribution in [1.82, 2.24) is 4.90 Å². The fourth-order valence-electron chi connectivity index (χ4n) is 5.43. The minimum Gasteiger partial charge on any atom is -0.342 e. The minimum absolute atomic E-state index is 0. The maximum absolute atomic E-state index is 13.1. The fraction of sp³-hybridized carbons (Fsp3) is 0.950. The summed E-state index contributed by atoms with van der Waals surface area (Å²) in [6.45, 7) is 8.98. The van der Waals surface area contributed by atoms with Gasteiger partial charge in [-0.25, -0.2) is 0 Å². The highest BCUT2D eigenvalue weighted by Crippen LogP contribution is 2.43. The van der Waals surface area contributed by atoms with Crippen LogP contribution in [0, 0.1) is 29.1 Å². The second-order valence-electron chi connectivity index (χ2n) is 9.52. The summed E-state index contributed by atoms with van der Waals surface area (Å²) in [4.78, 5) is 15.3. The van der Waals surface area contributed by atoms with Crippen molar-refractivity contribution in [3.63, 3.8) is 0 Å². The van der Waals surface area contributed by atoms with Gasteiger partial charge in [0.1, 0.15) is 0 Å². The van der Waals surface area contributed by atoms with Gasteiger partial charge in [-0.1, -0.05) is 27.2 Å². The molecule has 0 aromatic rings. The average molecular weight is 357 g/mol. The van der Waals surface area contributed by atoms with Crippen LogP contribution in [0.2, 0.25) is 0 Å². The van der Waals surface area contributed by atoms with Gasteiger partial charge >= 0.3 is 0 Å². The Bertz CT molecular complexity index is 420. The molecule has 140 valence electrons. The number of amides is 1. The Morgan fingerprint density at radius 2 is 1.58 bits per heavy atom. The lowest BCUT2D eigenvalue weighted by Crippen LogP contribution is -2.49. The summed E-state index contributed by atoms with van der Waals surface area (Å²) in [6, 6.07) is 0.363. The van der Waals surface area contributed by atoms with Gasteiger partial charge in [0.15, 0.2) is 0 Å². The Kier molecular flexibility index (Phi) is 6.64. The van der Waals surface area contributed by atoms with Crippen LogP contribution in [0.15, 0.2) is 0 Å². The SMILES string of the molecule is CC(C)(C)C1CCCN(C(=O)C2CC3CCCC(C2)C3N)CC1.Cl. The second-order valence-corrected chi connectivity index (χ2v) is 9.52. The van der Waals surface area contributed by atoms with Crippen LogP contribution in [0.3, 0.4) is 0 Å². The smallest absolute Gasteiger partial charge is 0.225 e. The molecule has 3 atom stereocenters. The number of rotatable bonds is 1. The van der Waals surface area contributed by atoms with Crippen molar-refractivity contribution in [3.8, 4) is 0 Å². The van der Waals surface area contributed by atoms with Gasteiger partial charge in [-0.3, -0.25) is 4.79 Å². The van der Waals surface area contributed by atoms with Crippen molar-refractivity contribution < 1.29 is 4.79 Å². The number of hydrogen-bond donors (Lipinski definition) is 1. The van der Waals surface area contributed by atoms with Gasteiger partial charge in [-0.2, -0.15) is 0 Å². The minimum atomic E-state index is 0. The van der Waals surface area contributed by atoms with Crippen LogP contribution in [0.25, 0.3) is 0 Å². The van der Waals surface area contributed by atoms with E-state index in [1.54, 1.807) is 0 Å². The Morgan fingerprint density at radius 1 is 0.958 bits per heavy atom. The third kappa shape index (κ3) is 4.27. The first-order valence-corrected chi connectivity index (χ1v) is 9.90. The van der Waals surface area contributed by atoms with Crippen molar-refractivity contribution in [2.45, 2.75) is 78.2 Å². The Balaban J connectivity index is 0.00000208. The molecular formula is C20H37ClN2O. The van der Waals surface area contributed by atoms with E-state index in [4.69, 9.17) is 5.73 Å². The van der Waals surface area contributed by atoms with E-state index >= 15 is 0 Å². The van der Waals surface area contributed by atoms with Crippen LogP contribution in [0.1, 0.15) is 72.1 Å². The summed E-state index contributed by atoms with van der Waals surface area (Å²) in [7, 11) is 0. The molecule has 24 heavy (non-hydrogen) atoms. The zero-order chi connectivity index (χ0) is 16.6. The molecule has 0 aromatic carbocycles. The van der Waals surface area contributed by atoms with Gasteiger partial charge in [0.05, 0.1) is 0 Å². The number of carbonyl (C=O) groups excluding carboxylic acids is 1. The molecule has 0 aromatic heterocycles. The molecule has 1 amide bonds. The number of nitrogens with zero attached hydrogens (tertiary/aromatic N) is 1. The van der Waals surface area contributed by atoms with Crippen LogP contribution >= 0.6 is 12.4 Å². The van der Waals surface area contributed by atoms with Crippen molar-refractivity contribution in [2.75, 3.05) is 13.1 Å². The third-order valence-corrected chi connectivity index (χ3v) is 7.03. The van der Waals surface area contributed by atoms with Crippen molar-refractivity contribution in [1.29, 1.82) is 0 Å². The lowest BCUT2D eigenvalue weighted by Gasteiger charge is -2.44. The maximum atomic E-state index is 13.1. The lowest BCUT2D eigenvalue weighted by molar-refractivity contribution is -0.138. The highest BCUT2D eigenvalue weighted by atomic mass is 35.5. The molecule has 2 saturated carbocycles. The molecule has 3 unspecified atom stereocenters. The molecule has 1 heterocycles. The molecule has 3 fully saturated rings. The summed E-state index contributed by atoms with van der Waals surface area (Å²) in [5.41, 5.74) is 6.76. The Morgan fingerprint density at radius 3 is 2.17 bits per heavy atom. The van der Waals surface area contributed by atoms with Gasteiger partial charge < -0.3 is 10.6 Å². The van der Waals surface area contributed by atoms with E-state index in [2.05, 4.69) is 25.7 Å². The van der Waals surface area contributed by atoms with Crippen LogP contribution < -0.4 is 5.73 Å². The molecule has 2 bridgehead atoms. The topological polar surface area (TPSA) is 46.3 Å². The number of carbonyl (C=O) groups is 1. The third-order valence-electron chi connectivity index (χ3n) is 7.03. The molecular weight excluding hydrogens is 320 g/mol. The van der Waals surface area contributed by atoms with E-state index in [9.17, 15) is 4.79 Å². The fourth-order valence-corrected chi connectivity index (χ4v) is 5.43. The predicted molar refractivity (Wildman–Crippen MR) is 102 cm³/mol. The van der Waals surface area contributed by atoms with E-state index in [0.717, 1.165) is 31.8 Å². The summed E-state index contributed by atoms with van der Waals surface area (Å²) in [6.07, 6.45) is 9.53. The van der Waals surface area contributed by atoms with Crippen molar-refractivity contribution >= 4 is 18.3 Å². The molecule has 2 aliphatic carbocycles.